The topological polar surface area (TPSA) is 57.6 Å². The van der Waals surface area contributed by atoms with Gasteiger partial charge in [-0.1, -0.05) is 16.6 Å². The summed E-state index contributed by atoms with van der Waals surface area (Å²) >= 11 is 0. The number of para-hydroxylation sites is 1. The van der Waals surface area contributed by atoms with Gasteiger partial charge >= 0.3 is 5.97 Å². The van der Waals surface area contributed by atoms with E-state index >= 15 is 0 Å². The highest BCUT2D eigenvalue weighted by Gasteiger charge is 2.17. The third kappa shape index (κ3) is 1.87. The second-order valence-corrected chi connectivity index (χ2v) is 2.62. The molecule has 14 heavy (non-hydrogen) atoms. The van der Waals surface area contributed by atoms with Crippen molar-refractivity contribution in [3.05, 3.63) is 29.8 Å². The number of carboxylic acids is 1. The van der Waals surface area contributed by atoms with Crippen molar-refractivity contribution in [1.82, 2.24) is 0 Å². The Morgan fingerprint density at radius 2 is 1.93 bits per heavy atom. The fourth-order valence-electron chi connectivity index (χ4n) is 0.995. The highest BCUT2D eigenvalue weighted by atomic mass is 19.2. The Morgan fingerprint density at radius 3 is 2.43 bits per heavy atom. The van der Waals surface area contributed by atoms with E-state index in [1.54, 1.807) is 0 Å². The number of benzene rings is 1. The van der Waals surface area contributed by atoms with Gasteiger partial charge in [0.05, 0.1) is 11.3 Å². The van der Waals surface area contributed by atoms with Gasteiger partial charge in [0.15, 0.2) is 0 Å². The summed E-state index contributed by atoms with van der Waals surface area (Å²) in [4.78, 5) is 21.3. The first-order valence-electron chi connectivity index (χ1n) is 3.83. The van der Waals surface area contributed by atoms with Crippen molar-refractivity contribution in [3.8, 4) is 0 Å². The molecule has 0 aliphatic heterocycles. The molecule has 0 saturated carbocycles. The summed E-state index contributed by atoms with van der Waals surface area (Å²) in [7, 11) is 0. The maximum Gasteiger partial charge on any atom is 0.337 e. The molecule has 74 valence electrons. The minimum atomic E-state index is -1.27. The number of anilines is 1. The Labute approximate surface area is 79.5 Å². The number of nitrogens with zero attached hydrogens (tertiary/aromatic N) is 1. The first-order valence-corrected chi connectivity index (χ1v) is 3.83. The van der Waals surface area contributed by atoms with Gasteiger partial charge < -0.3 is 5.11 Å². The third-order valence-electron chi connectivity index (χ3n) is 1.62. The van der Waals surface area contributed by atoms with Crippen molar-refractivity contribution in [2.75, 3.05) is 5.12 Å². The fourth-order valence-corrected chi connectivity index (χ4v) is 0.995. The standard InChI is InChI=1S/C9H8FNO3/c1-6(12)11(10)8-5-3-2-4-7(8)9(13)14/h2-5H,1H3,(H,13,14). The number of carboxylic acid groups (broad SMARTS) is 1. The molecule has 0 radical (unpaired) electrons. The monoisotopic (exact) mass is 197 g/mol. The van der Waals surface area contributed by atoms with Gasteiger partial charge in [-0.15, -0.1) is 5.12 Å². The lowest BCUT2D eigenvalue weighted by Crippen LogP contribution is -2.20. The number of hydrogen-bond acceptors (Lipinski definition) is 2. The minimum Gasteiger partial charge on any atom is -0.478 e. The van der Waals surface area contributed by atoms with E-state index in [-0.39, 0.29) is 16.4 Å². The largest absolute Gasteiger partial charge is 0.478 e. The van der Waals surface area contributed by atoms with Crippen LogP contribution in [0.2, 0.25) is 0 Å². The Hall–Kier alpha value is -1.91. The van der Waals surface area contributed by atoms with Crippen LogP contribution in [-0.4, -0.2) is 17.0 Å². The smallest absolute Gasteiger partial charge is 0.337 e. The fraction of sp³-hybridized carbons (Fsp3) is 0.111. The van der Waals surface area contributed by atoms with Crippen molar-refractivity contribution in [2.45, 2.75) is 6.92 Å². The molecule has 0 aliphatic carbocycles. The van der Waals surface area contributed by atoms with Gasteiger partial charge in [-0.2, -0.15) is 0 Å². The molecule has 0 saturated heterocycles. The van der Waals surface area contributed by atoms with Crippen LogP contribution in [0.15, 0.2) is 24.3 Å². The molecule has 1 N–H and O–H groups in total. The Bertz CT molecular complexity index is 378. The van der Waals surface area contributed by atoms with E-state index < -0.39 is 11.9 Å². The molecule has 1 amide bonds. The number of aromatic carboxylic acids is 1. The van der Waals surface area contributed by atoms with Crippen LogP contribution in [-0.2, 0) is 4.79 Å². The second kappa shape index (κ2) is 3.87. The normalized spacial score (nSPS) is 9.57. The molecule has 1 aromatic carbocycles. The van der Waals surface area contributed by atoms with Crippen LogP contribution in [0.4, 0.5) is 10.2 Å². The van der Waals surface area contributed by atoms with Crippen molar-refractivity contribution < 1.29 is 19.2 Å². The number of carbonyl (C=O) groups excluding carboxylic acids is 1. The highest BCUT2D eigenvalue weighted by molar-refractivity contribution is 5.99. The lowest BCUT2D eigenvalue weighted by atomic mass is 10.2. The Morgan fingerprint density at radius 1 is 1.36 bits per heavy atom. The maximum atomic E-state index is 13.1. The number of amides is 1. The number of halogens is 1. The Kier molecular flexibility index (Phi) is 2.81. The van der Waals surface area contributed by atoms with E-state index in [1.165, 1.54) is 24.3 Å². The van der Waals surface area contributed by atoms with E-state index in [4.69, 9.17) is 5.11 Å². The van der Waals surface area contributed by atoms with Crippen molar-refractivity contribution in [1.29, 1.82) is 0 Å². The summed E-state index contributed by atoms with van der Waals surface area (Å²) < 4.78 is 13.1. The average Bonchev–Trinajstić information content (AvgIpc) is 2.16. The number of rotatable bonds is 2. The van der Waals surface area contributed by atoms with Gasteiger partial charge in [0, 0.05) is 6.92 Å². The average molecular weight is 197 g/mol. The van der Waals surface area contributed by atoms with Crippen LogP contribution in [0.1, 0.15) is 17.3 Å². The zero-order valence-electron chi connectivity index (χ0n) is 7.40. The summed E-state index contributed by atoms with van der Waals surface area (Å²) in [6.45, 7) is 1.01. The molecule has 0 atom stereocenters. The summed E-state index contributed by atoms with van der Waals surface area (Å²) in [5, 5.41) is 8.50. The van der Waals surface area contributed by atoms with Crippen LogP contribution in [0.5, 0.6) is 0 Å². The summed E-state index contributed by atoms with van der Waals surface area (Å²) in [5.74, 6) is -2.14. The summed E-state index contributed by atoms with van der Waals surface area (Å²) in [6, 6.07) is 5.37. The first-order chi connectivity index (χ1) is 6.54. The molecule has 0 heterocycles. The maximum absolute atomic E-state index is 13.1. The van der Waals surface area contributed by atoms with E-state index in [0.29, 0.717) is 0 Å². The molecule has 0 aromatic heterocycles. The lowest BCUT2D eigenvalue weighted by Gasteiger charge is -2.11. The van der Waals surface area contributed by atoms with Gasteiger partial charge in [0.25, 0.3) is 5.91 Å². The third-order valence-corrected chi connectivity index (χ3v) is 1.62. The minimum absolute atomic E-state index is 0.191. The first kappa shape index (κ1) is 10.2. The quantitative estimate of drug-likeness (QED) is 0.733. The van der Waals surface area contributed by atoms with Crippen molar-refractivity contribution in [3.63, 3.8) is 0 Å². The van der Waals surface area contributed by atoms with Gasteiger partial charge in [-0.25, -0.2) is 4.79 Å². The molecular formula is C9H8FNO3. The van der Waals surface area contributed by atoms with Gasteiger partial charge in [0.1, 0.15) is 0 Å². The van der Waals surface area contributed by atoms with E-state index in [0.717, 1.165) is 6.92 Å². The molecule has 5 heteroatoms. The van der Waals surface area contributed by atoms with Crippen LogP contribution < -0.4 is 5.12 Å². The van der Waals surface area contributed by atoms with Crippen LogP contribution in [0.25, 0.3) is 0 Å². The zero-order valence-corrected chi connectivity index (χ0v) is 7.40. The molecule has 0 unspecified atom stereocenters. The van der Waals surface area contributed by atoms with Crippen molar-refractivity contribution in [2.24, 2.45) is 0 Å². The molecule has 0 bridgehead atoms. The van der Waals surface area contributed by atoms with Gasteiger partial charge in [0.2, 0.25) is 0 Å². The SMILES string of the molecule is CC(=O)N(F)c1ccccc1C(=O)O. The van der Waals surface area contributed by atoms with E-state index in [2.05, 4.69) is 0 Å². The van der Waals surface area contributed by atoms with Crippen LogP contribution in [0, 0.1) is 0 Å². The molecule has 0 aliphatic rings. The Balaban J connectivity index is 3.19. The number of carbonyl (C=O) groups is 2. The highest BCUT2D eigenvalue weighted by Crippen LogP contribution is 2.20. The molecular weight excluding hydrogens is 189 g/mol. The zero-order chi connectivity index (χ0) is 10.7. The molecule has 4 nitrogen and oxygen atoms in total. The van der Waals surface area contributed by atoms with E-state index in [1.807, 2.05) is 0 Å². The van der Waals surface area contributed by atoms with Gasteiger partial charge in [-0.05, 0) is 12.1 Å². The molecule has 1 aromatic rings. The van der Waals surface area contributed by atoms with E-state index in [9.17, 15) is 14.1 Å². The summed E-state index contributed by atoms with van der Waals surface area (Å²) in [5.41, 5.74) is -0.502. The lowest BCUT2D eigenvalue weighted by molar-refractivity contribution is -0.119. The predicted molar refractivity (Wildman–Crippen MR) is 47.7 cm³/mol. The predicted octanol–water partition coefficient (Wildman–Crippen LogP) is 1.62. The molecule has 0 fully saturated rings. The van der Waals surface area contributed by atoms with Crippen molar-refractivity contribution >= 4 is 17.6 Å². The number of hydrogen-bond donors (Lipinski definition) is 1. The van der Waals surface area contributed by atoms with Crippen LogP contribution >= 0.6 is 0 Å². The van der Waals surface area contributed by atoms with Gasteiger partial charge in [-0.3, -0.25) is 4.79 Å². The summed E-state index contributed by atoms with van der Waals surface area (Å²) in [6.07, 6.45) is 0. The second-order valence-electron chi connectivity index (χ2n) is 2.62. The van der Waals surface area contributed by atoms with Crippen LogP contribution in [0.3, 0.4) is 0 Å². The molecule has 1 rings (SSSR count). The molecule has 0 spiro atoms.